The Morgan fingerprint density at radius 2 is 0.836 bits per heavy atom. The molecule has 0 saturated heterocycles. The number of rotatable bonds is 4. The molecule has 12 aromatic rings. The van der Waals surface area contributed by atoms with Gasteiger partial charge in [0.05, 0.1) is 16.4 Å². The van der Waals surface area contributed by atoms with Crippen molar-refractivity contribution in [1.82, 2.24) is 19.5 Å². The summed E-state index contributed by atoms with van der Waals surface area (Å²) in [7, 11) is 0. The first-order valence-electron chi connectivity index (χ1n) is 18.4. The Morgan fingerprint density at radius 3 is 1.49 bits per heavy atom. The van der Waals surface area contributed by atoms with Gasteiger partial charge in [0.2, 0.25) is 0 Å². The standard InChI is InChI=1S/C49H28N4O2/c1-3-13-29(14-4-1)47-50-48(30-15-5-2-6-16-30)52-49(51-47)31-23-25-38-41(27-31)54-45-36-20-8-7-19-35(36)43-37-26-24-32(28-42(37)55-46(43)44(38)45)53-39-21-11-9-17-33(39)34-18-10-12-22-40(34)53/h1-28H. The summed E-state index contributed by atoms with van der Waals surface area (Å²) in [5.74, 6) is 1.81. The average molecular weight is 705 g/mol. The molecule has 8 aromatic carbocycles. The number of hydrogen-bond acceptors (Lipinski definition) is 5. The first-order chi connectivity index (χ1) is 27.3. The number of para-hydroxylation sites is 2. The van der Waals surface area contributed by atoms with E-state index in [1.54, 1.807) is 0 Å². The first kappa shape index (κ1) is 29.9. The average Bonchev–Trinajstić information content (AvgIpc) is 3.94. The Labute approximate surface area is 313 Å². The van der Waals surface area contributed by atoms with Gasteiger partial charge >= 0.3 is 0 Å². The van der Waals surface area contributed by atoms with Crippen molar-refractivity contribution in [3.05, 3.63) is 170 Å². The van der Waals surface area contributed by atoms with E-state index >= 15 is 0 Å². The second kappa shape index (κ2) is 11.5. The fourth-order valence-electron chi connectivity index (χ4n) is 8.36. The number of nitrogens with zero attached hydrogens (tertiary/aromatic N) is 4. The van der Waals surface area contributed by atoms with Crippen LogP contribution in [-0.2, 0) is 0 Å². The molecule has 0 aliphatic rings. The molecule has 0 N–H and O–H groups in total. The number of fused-ring (bicyclic) bond motifs is 13. The molecule has 0 spiro atoms. The minimum absolute atomic E-state index is 0.575. The molecule has 0 amide bonds. The van der Waals surface area contributed by atoms with Gasteiger partial charge in [0.1, 0.15) is 22.3 Å². The highest BCUT2D eigenvalue weighted by Crippen LogP contribution is 2.46. The molecule has 4 heterocycles. The molecule has 0 radical (unpaired) electrons. The second-order valence-electron chi connectivity index (χ2n) is 14.0. The summed E-state index contributed by atoms with van der Waals surface area (Å²) in [4.78, 5) is 14.8. The molecular weight excluding hydrogens is 677 g/mol. The van der Waals surface area contributed by atoms with Crippen molar-refractivity contribution in [1.29, 1.82) is 0 Å². The van der Waals surface area contributed by atoms with Crippen LogP contribution >= 0.6 is 0 Å². The van der Waals surface area contributed by atoms with E-state index in [1.807, 2.05) is 66.7 Å². The lowest BCUT2D eigenvalue weighted by Gasteiger charge is -2.08. The summed E-state index contributed by atoms with van der Waals surface area (Å²) in [6.07, 6.45) is 0. The van der Waals surface area contributed by atoms with Gasteiger partial charge in [-0.15, -0.1) is 0 Å². The van der Waals surface area contributed by atoms with Crippen molar-refractivity contribution in [3.63, 3.8) is 0 Å². The number of furan rings is 2. The van der Waals surface area contributed by atoms with Crippen molar-refractivity contribution in [3.8, 4) is 39.9 Å². The van der Waals surface area contributed by atoms with Crippen molar-refractivity contribution in [2.75, 3.05) is 0 Å². The van der Waals surface area contributed by atoms with Crippen LogP contribution in [0.3, 0.4) is 0 Å². The third kappa shape index (κ3) is 4.46. The van der Waals surface area contributed by atoms with Gasteiger partial charge in [0.15, 0.2) is 17.5 Å². The Bertz CT molecular complexity index is 3380. The van der Waals surface area contributed by atoms with Gasteiger partial charge in [0.25, 0.3) is 0 Å². The van der Waals surface area contributed by atoms with Gasteiger partial charge in [-0.1, -0.05) is 127 Å². The summed E-state index contributed by atoms with van der Waals surface area (Å²) in [6.45, 7) is 0. The SMILES string of the molecule is c1ccc(-c2nc(-c3ccccc3)nc(-c3ccc4c(c3)oc3c5ccccc5c5c6ccc(-n7c8ccccc8c8ccccc87)cc6oc5c43)n2)cc1. The fraction of sp³-hybridized carbons (Fsp3) is 0. The van der Waals surface area contributed by atoms with Gasteiger partial charge in [-0.3, -0.25) is 0 Å². The van der Waals surface area contributed by atoms with E-state index in [9.17, 15) is 0 Å². The monoisotopic (exact) mass is 704 g/mol. The van der Waals surface area contributed by atoms with E-state index in [4.69, 9.17) is 23.8 Å². The van der Waals surface area contributed by atoms with Crippen LogP contribution in [0.4, 0.5) is 0 Å². The van der Waals surface area contributed by atoms with Crippen LogP contribution in [0.15, 0.2) is 179 Å². The molecule has 0 aliphatic carbocycles. The van der Waals surface area contributed by atoms with E-state index in [-0.39, 0.29) is 0 Å². The molecule has 6 heteroatoms. The molecule has 0 fully saturated rings. The molecule has 256 valence electrons. The van der Waals surface area contributed by atoms with Crippen LogP contribution in [0.2, 0.25) is 0 Å². The highest BCUT2D eigenvalue weighted by Gasteiger charge is 2.23. The fourth-order valence-corrected chi connectivity index (χ4v) is 8.36. The maximum absolute atomic E-state index is 6.94. The topological polar surface area (TPSA) is 69.9 Å². The lowest BCUT2D eigenvalue weighted by Crippen LogP contribution is -2.00. The Kier molecular flexibility index (Phi) is 6.24. The van der Waals surface area contributed by atoms with Gasteiger partial charge in [-0.25, -0.2) is 15.0 Å². The van der Waals surface area contributed by atoms with Gasteiger partial charge in [0, 0.05) is 60.8 Å². The minimum Gasteiger partial charge on any atom is -0.455 e. The van der Waals surface area contributed by atoms with Crippen LogP contribution in [-0.4, -0.2) is 19.5 Å². The molecule has 0 saturated carbocycles. The second-order valence-corrected chi connectivity index (χ2v) is 14.0. The number of benzene rings is 8. The normalized spacial score (nSPS) is 12.0. The molecule has 0 atom stereocenters. The molecule has 12 rings (SSSR count). The summed E-state index contributed by atoms with van der Waals surface area (Å²) in [5, 5.41) is 8.65. The lowest BCUT2D eigenvalue weighted by atomic mass is 9.99. The molecule has 4 aromatic heterocycles. The zero-order valence-corrected chi connectivity index (χ0v) is 29.3. The Balaban J connectivity index is 1.08. The van der Waals surface area contributed by atoms with Crippen LogP contribution in [0.25, 0.3) is 116 Å². The third-order valence-corrected chi connectivity index (χ3v) is 10.8. The number of hydrogen-bond donors (Lipinski definition) is 0. The largest absolute Gasteiger partial charge is 0.455 e. The van der Waals surface area contributed by atoms with Crippen molar-refractivity contribution in [2.24, 2.45) is 0 Å². The van der Waals surface area contributed by atoms with E-state index in [2.05, 4.69) is 108 Å². The molecular formula is C49H28N4O2. The Morgan fingerprint density at radius 1 is 0.345 bits per heavy atom. The summed E-state index contributed by atoms with van der Waals surface area (Å²) in [5.41, 5.74) is 9.22. The quantitative estimate of drug-likeness (QED) is 0.182. The maximum Gasteiger partial charge on any atom is 0.164 e. The molecule has 0 unspecified atom stereocenters. The van der Waals surface area contributed by atoms with Crippen LogP contribution in [0.5, 0.6) is 0 Å². The van der Waals surface area contributed by atoms with Gasteiger partial charge < -0.3 is 13.4 Å². The van der Waals surface area contributed by atoms with E-state index in [0.29, 0.717) is 17.5 Å². The summed E-state index contributed by atoms with van der Waals surface area (Å²) < 4.78 is 16.1. The van der Waals surface area contributed by atoms with Crippen LogP contribution < -0.4 is 0 Å². The molecule has 0 aliphatic heterocycles. The zero-order chi connectivity index (χ0) is 36.0. The third-order valence-electron chi connectivity index (χ3n) is 10.8. The first-order valence-corrected chi connectivity index (χ1v) is 18.4. The van der Waals surface area contributed by atoms with Gasteiger partial charge in [-0.05, 0) is 41.8 Å². The maximum atomic E-state index is 6.94. The zero-order valence-electron chi connectivity index (χ0n) is 29.3. The van der Waals surface area contributed by atoms with Crippen molar-refractivity contribution < 1.29 is 8.83 Å². The molecule has 0 bridgehead atoms. The minimum atomic E-state index is 0.575. The van der Waals surface area contributed by atoms with Crippen molar-refractivity contribution in [2.45, 2.75) is 0 Å². The predicted octanol–water partition coefficient (Wildman–Crippen LogP) is 12.9. The van der Waals surface area contributed by atoms with E-state index < -0.39 is 0 Å². The Hall–Kier alpha value is -7.57. The smallest absolute Gasteiger partial charge is 0.164 e. The predicted molar refractivity (Wildman–Crippen MR) is 223 cm³/mol. The highest BCUT2D eigenvalue weighted by atomic mass is 16.3. The van der Waals surface area contributed by atoms with Crippen LogP contribution in [0, 0.1) is 0 Å². The van der Waals surface area contributed by atoms with Crippen molar-refractivity contribution >= 4 is 76.5 Å². The van der Waals surface area contributed by atoms with E-state index in [1.165, 1.54) is 10.8 Å². The van der Waals surface area contributed by atoms with E-state index in [0.717, 1.165) is 88.1 Å². The summed E-state index contributed by atoms with van der Waals surface area (Å²) >= 11 is 0. The summed E-state index contributed by atoms with van der Waals surface area (Å²) in [6, 6.07) is 58.4. The molecule has 6 nitrogen and oxygen atoms in total. The number of aromatic nitrogens is 4. The van der Waals surface area contributed by atoms with Crippen LogP contribution in [0.1, 0.15) is 0 Å². The van der Waals surface area contributed by atoms with Gasteiger partial charge in [-0.2, -0.15) is 0 Å². The molecule has 55 heavy (non-hydrogen) atoms. The highest BCUT2D eigenvalue weighted by molar-refractivity contribution is 6.33. The lowest BCUT2D eigenvalue weighted by molar-refractivity contribution is 0.665.